The molecular formula is C22H38N2O3. The van der Waals surface area contributed by atoms with E-state index in [0.717, 1.165) is 38.5 Å². The Morgan fingerprint density at radius 2 is 1.70 bits per heavy atom. The molecular weight excluding hydrogens is 340 g/mol. The van der Waals surface area contributed by atoms with E-state index in [1.165, 1.54) is 12.8 Å². The fourth-order valence-electron chi connectivity index (χ4n) is 6.36. The average Bonchev–Trinajstić information content (AvgIpc) is 3.10. The first kappa shape index (κ1) is 20.6. The third-order valence-corrected chi connectivity index (χ3v) is 8.03. The summed E-state index contributed by atoms with van der Waals surface area (Å²) in [6.45, 7) is 8.01. The molecule has 0 saturated heterocycles. The zero-order chi connectivity index (χ0) is 19.8. The number of rotatable bonds is 4. The van der Waals surface area contributed by atoms with E-state index in [4.69, 9.17) is 0 Å². The van der Waals surface area contributed by atoms with Crippen molar-refractivity contribution in [2.45, 2.75) is 97.2 Å². The summed E-state index contributed by atoms with van der Waals surface area (Å²) in [6.07, 6.45) is 8.05. The zero-order valence-corrected chi connectivity index (χ0v) is 17.5. The summed E-state index contributed by atoms with van der Waals surface area (Å²) in [5, 5.41) is 17.6. The van der Waals surface area contributed by atoms with Gasteiger partial charge in [-0.25, -0.2) is 0 Å². The fourth-order valence-corrected chi connectivity index (χ4v) is 6.36. The van der Waals surface area contributed by atoms with E-state index >= 15 is 0 Å². The van der Waals surface area contributed by atoms with Crippen LogP contribution in [0.1, 0.15) is 79.1 Å². The first-order valence-electron chi connectivity index (χ1n) is 11.0. The van der Waals surface area contributed by atoms with Crippen molar-refractivity contribution < 1.29 is 14.7 Å². The molecule has 3 saturated carbocycles. The van der Waals surface area contributed by atoms with Crippen molar-refractivity contribution >= 4 is 11.8 Å². The second kappa shape index (κ2) is 8.10. The van der Waals surface area contributed by atoms with E-state index < -0.39 is 6.10 Å². The Labute approximate surface area is 164 Å². The highest BCUT2D eigenvalue weighted by atomic mass is 16.3. The van der Waals surface area contributed by atoms with Crippen LogP contribution in [0.5, 0.6) is 0 Å². The lowest BCUT2D eigenvalue weighted by atomic mass is 9.51. The number of aliphatic hydroxyl groups excluding tert-OH is 1. The number of hydrogen-bond donors (Lipinski definition) is 3. The molecule has 3 N–H and O–H groups in total. The van der Waals surface area contributed by atoms with E-state index in [0.29, 0.717) is 6.04 Å². The predicted molar refractivity (Wildman–Crippen MR) is 106 cm³/mol. The summed E-state index contributed by atoms with van der Waals surface area (Å²) in [6, 6.07) is 0.445. The molecule has 0 aromatic carbocycles. The van der Waals surface area contributed by atoms with E-state index in [-0.39, 0.29) is 46.9 Å². The number of nitrogens with one attached hydrogen (secondary N) is 2. The summed E-state index contributed by atoms with van der Waals surface area (Å²) in [5.41, 5.74) is 0.103. The van der Waals surface area contributed by atoms with Gasteiger partial charge in [0.05, 0.1) is 6.10 Å². The molecule has 3 aliphatic rings. The van der Waals surface area contributed by atoms with Crippen LogP contribution in [0.15, 0.2) is 0 Å². The van der Waals surface area contributed by atoms with Gasteiger partial charge in [-0.3, -0.25) is 9.59 Å². The molecule has 27 heavy (non-hydrogen) atoms. The number of aliphatic hydroxyl groups is 1. The molecule has 7 atom stereocenters. The van der Waals surface area contributed by atoms with Crippen molar-refractivity contribution in [2.75, 3.05) is 0 Å². The van der Waals surface area contributed by atoms with Crippen LogP contribution in [0.3, 0.4) is 0 Å². The summed E-state index contributed by atoms with van der Waals surface area (Å²) in [5.74, 6) is 0.290. The van der Waals surface area contributed by atoms with Crippen LogP contribution >= 0.6 is 0 Å². The highest BCUT2D eigenvalue weighted by Crippen LogP contribution is 2.55. The highest BCUT2D eigenvalue weighted by Gasteiger charge is 2.53. The Kier molecular flexibility index (Phi) is 6.19. The van der Waals surface area contributed by atoms with Crippen LogP contribution in [-0.4, -0.2) is 35.1 Å². The molecule has 3 aliphatic carbocycles. The highest BCUT2D eigenvalue weighted by molar-refractivity contribution is 5.79. The van der Waals surface area contributed by atoms with E-state index in [9.17, 15) is 14.7 Å². The van der Waals surface area contributed by atoms with Gasteiger partial charge in [0, 0.05) is 24.9 Å². The van der Waals surface area contributed by atoms with Crippen LogP contribution in [0.4, 0.5) is 0 Å². The van der Waals surface area contributed by atoms with Gasteiger partial charge in [0.1, 0.15) is 0 Å². The van der Waals surface area contributed by atoms with Gasteiger partial charge in [-0.05, 0) is 61.7 Å². The topological polar surface area (TPSA) is 78.4 Å². The first-order valence-corrected chi connectivity index (χ1v) is 11.0. The molecule has 154 valence electrons. The normalized spacial score (nSPS) is 40.9. The first-order chi connectivity index (χ1) is 12.7. The monoisotopic (exact) mass is 378 g/mol. The SMILES string of the molecule is CC(=O)N[C@H]1CC[C@]2(C)CCC([C@H](C)C(=O)NC3CCCC3)[C@H](O)[C@H]2[C@@H]1C. The Hall–Kier alpha value is -1.10. The Bertz CT molecular complexity index is 560. The van der Waals surface area contributed by atoms with Crippen molar-refractivity contribution in [3.05, 3.63) is 0 Å². The molecule has 0 heterocycles. The minimum absolute atomic E-state index is 0.00149. The molecule has 1 unspecified atom stereocenters. The van der Waals surface area contributed by atoms with Gasteiger partial charge in [0.25, 0.3) is 0 Å². The van der Waals surface area contributed by atoms with Crippen LogP contribution in [-0.2, 0) is 9.59 Å². The number of amides is 2. The molecule has 3 rings (SSSR count). The average molecular weight is 379 g/mol. The van der Waals surface area contributed by atoms with Crippen LogP contribution in [0, 0.1) is 29.1 Å². The molecule has 0 aromatic heterocycles. The number of carbonyl (C=O) groups is 2. The lowest BCUT2D eigenvalue weighted by molar-refractivity contribution is -0.144. The molecule has 3 fully saturated rings. The van der Waals surface area contributed by atoms with Gasteiger partial charge in [0.2, 0.25) is 11.8 Å². The molecule has 0 radical (unpaired) electrons. The third kappa shape index (κ3) is 4.18. The molecule has 0 aromatic rings. The maximum Gasteiger partial charge on any atom is 0.223 e. The molecule has 0 aliphatic heterocycles. The maximum absolute atomic E-state index is 12.8. The van der Waals surface area contributed by atoms with Gasteiger partial charge in [-0.1, -0.05) is 33.6 Å². The maximum atomic E-state index is 12.8. The Balaban J connectivity index is 1.70. The van der Waals surface area contributed by atoms with Crippen molar-refractivity contribution in [1.82, 2.24) is 10.6 Å². The van der Waals surface area contributed by atoms with Gasteiger partial charge < -0.3 is 15.7 Å². The minimum Gasteiger partial charge on any atom is -0.392 e. The Morgan fingerprint density at radius 3 is 2.33 bits per heavy atom. The van der Waals surface area contributed by atoms with Crippen molar-refractivity contribution in [1.29, 1.82) is 0 Å². The fraction of sp³-hybridized carbons (Fsp3) is 0.909. The zero-order valence-electron chi connectivity index (χ0n) is 17.5. The standard InChI is InChI=1S/C22H38N2O3/c1-13(21(27)24-16-7-5-6-8-16)17-9-11-22(4)12-10-18(23-15(3)25)14(2)19(22)20(17)26/h13-14,16-20,26H,5-12H2,1-4H3,(H,23,25)(H,24,27)/t13-,14+,17?,18-,19+,20-,22-/m0/s1. The Morgan fingerprint density at radius 1 is 1.07 bits per heavy atom. The second-order valence-corrected chi connectivity index (χ2v) is 9.86. The molecule has 5 heteroatoms. The van der Waals surface area contributed by atoms with Gasteiger partial charge in [0.15, 0.2) is 0 Å². The lowest BCUT2D eigenvalue weighted by Crippen LogP contribution is -2.58. The minimum atomic E-state index is -0.486. The summed E-state index contributed by atoms with van der Waals surface area (Å²) in [7, 11) is 0. The largest absolute Gasteiger partial charge is 0.392 e. The van der Waals surface area contributed by atoms with Crippen molar-refractivity contribution in [2.24, 2.45) is 29.1 Å². The van der Waals surface area contributed by atoms with E-state index in [1.54, 1.807) is 6.92 Å². The number of hydrogen-bond acceptors (Lipinski definition) is 3. The number of fused-ring (bicyclic) bond motifs is 1. The molecule has 2 amide bonds. The molecule has 0 bridgehead atoms. The van der Waals surface area contributed by atoms with Crippen molar-refractivity contribution in [3.63, 3.8) is 0 Å². The number of carbonyl (C=O) groups excluding carboxylic acids is 2. The van der Waals surface area contributed by atoms with Crippen LogP contribution < -0.4 is 10.6 Å². The van der Waals surface area contributed by atoms with Gasteiger partial charge in [-0.15, -0.1) is 0 Å². The van der Waals surface area contributed by atoms with Crippen molar-refractivity contribution in [3.8, 4) is 0 Å². The molecule has 5 nitrogen and oxygen atoms in total. The molecule has 0 spiro atoms. The van der Waals surface area contributed by atoms with E-state index in [2.05, 4.69) is 24.5 Å². The summed E-state index contributed by atoms with van der Waals surface area (Å²) < 4.78 is 0. The van der Waals surface area contributed by atoms with Crippen LogP contribution in [0.2, 0.25) is 0 Å². The second-order valence-electron chi connectivity index (χ2n) is 9.86. The quantitative estimate of drug-likeness (QED) is 0.704. The van der Waals surface area contributed by atoms with Gasteiger partial charge in [-0.2, -0.15) is 0 Å². The van der Waals surface area contributed by atoms with Gasteiger partial charge >= 0.3 is 0 Å². The van der Waals surface area contributed by atoms with E-state index in [1.807, 2.05) is 6.92 Å². The third-order valence-electron chi connectivity index (χ3n) is 8.03. The predicted octanol–water partition coefficient (Wildman–Crippen LogP) is 3.01. The smallest absolute Gasteiger partial charge is 0.223 e. The summed E-state index contributed by atoms with van der Waals surface area (Å²) >= 11 is 0. The van der Waals surface area contributed by atoms with Crippen LogP contribution in [0.25, 0.3) is 0 Å². The lowest BCUT2D eigenvalue weighted by Gasteiger charge is -2.56. The summed E-state index contributed by atoms with van der Waals surface area (Å²) in [4.78, 5) is 24.4.